The smallest absolute Gasteiger partial charge is 0.264 e. The molecule has 3 nitrogen and oxygen atoms in total. The van der Waals surface area contributed by atoms with Crippen LogP contribution in [0.3, 0.4) is 0 Å². The van der Waals surface area contributed by atoms with Gasteiger partial charge in [-0.1, -0.05) is 24.3 Å². The molecule has 0 N–H and O–H groups in total. The molecule has 1 atom stereocenters. The van der Waals surface area contributed by atoms with Gasteiger partial charge in [0.1, 0.15) is 0 Å². The Morgan fingerprint density at radius 1 is 1.08 bits per heavy atom. The quantitative estimate of drug-likeness (QED) is 0.471. The lowest BCUT2D eigenvalue weighted by molar-refractivity contribution is 0.0738. The number of hydrogen-bond donors (Lipinski definition) is 0. The van der Waals surface area contributed by atoms with E-state index in [0.29, 0.717) is 0 Å². The van der Waals surface area contributed by atoms with Gasteiger partial charge in [-0.2, -0.15) is 0 Å². The second kappa shape index (κ2) is 5.93. The number of likely N-dealkylation sites (tertiary alicyclic amines) is 1. The molecule has 4 heterocycles. The molecule has 1 aromatic carbocycles. The maximum Gasteiger partial charge on any atom is 0.264 e. The van der Waals surface area contributed by atoms with Crippen molar-refractivity contribution in [2.24, 2.45) is 0 Å². The third kappa shape index (κ3) is 2.46. The zero-order chi connectivity index (χ0) is 16.8. The molecule has 0 radical (unpaired) electrons. The van der Waals surface area contributed by atoms with Crippen molar-refractivity contribution < 1.29 is 4.79 Å². The predicted molar refractivity (Wildman–Crippen MR) is 104 cm³/mol. The molecule has 5 heteroatoms. The number of aromatic nitrogens is 1. The molecule has 1 aliphatic heterocycles. The Morgan fingerprint density at radius 2 is 1.96 bits per heavy atom. The van der Waals surface area contributed by atoms with Crippen molar-refractivity contribution in [1.82, 2.24) is 9.88 Å². The third-order valence-electron chi connectivity index (χ3n) is 4.80. The number of nitrogens with zero attached hydrogens (tertiary/aromatic N) is 2. The fourth-order valence-corrected chi connectivity index (χ4v) is 6.12. The molecule has 4 aromatic rings. The molecule has 3 aromatic heterocycles. The molecule has 0 aliphatic carbocycles. The van der Waals surface area contributed by atoms with Gasteiger partial charge in [-0.15, -0.1) is 22.7 Å². The Hall–Kier alpha value is -2.24. The van der Waals surface area contributed by atoms with Crippen LogP contribution in [0.25, 0.3) is 19.5 Å². The highest BCUT2D eigenvalue weighted by molar-refractivity contribution is 7.33. The van der Waals surface area contributed by atoms with Crippen LogP contribution in [0.4, 0.5) is 0 Å². The Labute approximate surface area is 153 Å². The number of fused-ring (bicyclic) bond motifs is 3. The van der Waals surface area contributed by atoms with Crippen LogP contribution in [0.1, 0.15) is 34.2 Å². The molecule has 1 fully saturated rings. The predicted octanol–water partition coefficient (Wildman–Crippen LogP) is 5.49. The van der Waals surface area contributed by atoms with Crippen LogP contribution in [0.5, 0.6) is 0 Å². The maximum atomic E-state index is 13.1. The number of carbonyl (C=O) groups is 1. The number of pyridine rings is 1. The van der Waals surface area contributed by atoms with Crippen LogP contribution < -0.4 is 0 Å². The summed E-state index contributed by atoms with van der Waals surface area (Å²) in [5, 5.41) is 1.26. The number of carbonyl (C=O) groups excluding carboxylic acids is 1. The van der Waals surface area contributed by atoms with E-state index in [1.807, 2.05) is 29.3 Å². The summed E-state index contributed by atoms with van der Waals surface area (Å²) in [6.07, 6.45) is 3.84. The first-order valence-electron chi connectivity index (χ1n) is 8.44. The van der Waals surface area contributed by atoms with Crippen molar-refractivity contribution in [1.29, 1.82) is 0 Å². The maximum absolute atomic E-state index is 13.1. The van der Waals surface area contributed by atoms with Crippen LogP contribution in [-0.2, 0) is 0 Å². The molecule has 5 rings (SSSR count). The molecule has 1 amide bonds. The highest BCUT2D eigenvalue weighted by Gasteiger charge is 2.32. The third-order valence-corrected chi connectivity index (χ3v) is 7.21. The second-order valence-corrected chi connectivity index (χ2v) is 8.45. The van der Waals surface area contributed by atoms with Gasteiger partial charge < -0.3 is 4.90 Å². The molecular weight excluding hydrogens is 348 g/mol. The first kappa shape index (κ1) is 15.0. The molecule has 1 saturated heterocycles. The Balaban J connectivity index is 1.52. The normalized spacial score (nSPS) is 17.6. The minimum atomic E-state index is 0.102. The van der Waals surface area contributed by atoms with E-state index in [2.05, 4.69) is 35.3 Å². The van der Waals surface area contributed by atoms with E-state index >= 15 is 0 Å². The zero-order valence-corrected chi connectivity index (χ0v) is 15.1. The summed E-state index contributed by atoms with van der Waals surface area (Å²) in [4.78, 5) is 20.5. The number of rotatable bonds is 2. The van der Waals surface area contributed by atoms with Crippen LogP contribution in [0.15, 0.2) is 54.7 Å². The van der Waals surface area contributed by atoms with E-state index in [0.717, 1.165) is 30.0 Å². The Morgan fingerprint density at radius 3 is 2.84 bits per heavy atom. The van der Waals surface area contributed by atoms with Crippen LogP contribution in [0.2, 0.25) is 0 Å². The van der Waals surface area contributed by atoms with E-state index in [1.165, 1.54) is 19.5 Å². The van der Waals surface area contributed by atoms with Gasteiger partial charge in [0.2, 0.25) is 0 Å². The molecule has 0 saturated carbocycles. The molecule has 124 valence electrons. The SMILES string of the molecule is O=C(c1cc2sc3ccccc3c2s1)N1CCCC1c1ccccn1. The van der Waals surface area contributed by atoms with Gasteiger partial charge in [0, 0.05) is 27.5 Å². The van der Waals surface area contributed by atoms with Crippen molar-refractivity contribution >= 4 is 48.1 Å². The second-order valence-electron chi connectivity index (χ2n) is 6.31. The Kier molecular flexibility index (Phi) is 3.57. The minimum Gasteiger partial charge on any atom is -0.329 e. The lowest BCUT2D eigenvalue weighted by Crippen LogP contribution is -2.30. The average Bonchev–Trinajstić information content (AvgIpc) is 3.36. The highest BCUT2D eigenvalue weighted by Crippen LogP contribution is 2.41. The fraction of sp³-hybridized carbons (Fsp3) is 0.200. The summed E-state index contributed by atoms with van der Waals surface area (Å²) < 4.78 is 3.73. The number of benzene rings is 1. The van der Waals surface area contributed by atoms with E-state index in [-0.39, 0.29) is 11.9 Å². The minimum absolute atomic E-state index is 0.102. The standard InChI is InChI=1S/C20H16N2OS2/c23-20(22-11-5-8-15(22)14-7-3-4-10-21-14)18-12-17-19(25-18)13-6-1-2-9-16(13)24-17/h1-4,6-7,9-10,12,15H,5,8,11H2. The zero-order valence-electron chi connectivity index (χ0n) is 13.5. The Bertz CT molecular complexity index is 1070. The molecule has 0 spiro atoms. The average molecular weight is 364 g/mol. The van der Waals surface area contributed by atoms with Crippen molar-refractivity contribution in [3.63, 3.8) is 0 Å². The number of amides is 1. The summed E-state index contributed by atoms with van der Waals surface area (Å²) in [6, 6.07) is 16.5. The first-order chi connectivity index (χ1) is 12.3. The molecule has 1 unspecified atom stereocenters. The van der Waals surface area contributed by atoms with Gasteiger partial charge in [-0.25, -0.2) is 0 Å². The summed E-state index contributed by atoms with van der Waals surface area (Å²) in [6.45, 7) is 0.812. The summed E-state index contributed by atoms with van der Waals surface area (Å²) in [7, 11) is 0. The van der Waals surface area contributed by atoms with Gasteiger partial charge in [0.15, 0.2) is 0 Å². The number of thiophene rings is 2. The van der Waals surface area contributed by atoms with Crippen LogP contribution >= 0.6 is 22.7 Å². The summed E-state index contributed by atoms with van der Waals surface area (Å²) >= 11 is 3.39. The van der Waals surface area contributed by atoms with Crippen molar-refractivity contribution in [2.45, 2.75) is 18.9 Å². The largest absolute Gasteiger partial charge is 0.329 e. The van der Waals surface area contributed by atoms with E-state index in [1.54, 1.807) is 22.7 Å². The monoisotopic (exact) mass is 364 g/mol. The highest BCUT2D eigenvalue weighted by atomic mass is 32.1. The lowest BCUT2D eigenvalue weighted by atomic mass is 10.1. The fourth-order valence-electron chi connectivity index (χ4n) is 3.64. The molecule has 0 bridgehead atoms. The molecular formula is C20H16N2OS2. The van der Waals surface area contributed by atoms with Crippen LogP contribution in [0, 0.1) is 0 Å². The van der Waals surface area contributed by atoms with E-state index in [9.17, 15) is 4.79 Å². The van der Waals surface area contributed by atoms with Gasteiger partial charge in [-0.3, -0.25) is 9.78 Å². The van der Waals surface area contributed by atoms with Gasteiger partial charge in [0.25, 0.3) is 5.91 Å². The number of hydrogen-bond acceptors (Lipinski definition) is 4. The van der Waals surface area contributed by atoms with Crippen molar-refractivity contribution in [3.8, 4) is 0 Å². The van der Waals surface area contributed by atoms with E-state index in [4.69, 9.17) is 0 Å². The van der Waals surface area contributed by atoms with Crippen molar-refractivity contribution in [2.75, 3.05) is 6.54 Å². The summed E-state index contributed by atoms with van der Waals surface area (Å²) in [5.41, 5.74) is 0.997. The van der Waals surface area contributed by atoms with Crippen LogP contribution in [-0.4, -0.2) is 22.3 Å². The van der Waals surface area contributed by atoms with Crippen molar-refractivity contribution in [3.05, 3.63) is 65.3 Å². The van der Waals surface area contributed by atoms with Gasteiger partial charge in [0.05, 0.1) is 21.3 Å². The molecule has 25 heavy (non-hydrogen) atoms. The topological polar surface area (TPSA) is 33.2 Å². The lowest BCUT2D eigenvalue weighted by Gasteiger charge is -2.23. The van der Waals surface area contributed by atoms with Gasteiger partial charge >= 0.3 is 0 Å². The van der Waals surface area contributed by atoms with Gasteiger partial charge in [-0.05, 0) is 37.1 Å². The summed E-state index contributed by atoms with van der Waals surface area (Å²) in [5.74, 6) is 0.144. The first-order valence-corrected chi connectivity index (χ1v) is 10.1. The molecule has 1 aliphatic rings. The van der Waals surface area contributed by atoms with E-state index < -0.39 is 0 Å².